The Kier molecular flexibility index (Phi) is 4.48. The number of carbonyl (C=O) groups excluding carboxylic acids is 1. The molecule has 0 saturated carbocycles. The van der Waals surface area contributed by atoms with Crippen LogP contribution in [0.2, 0.25) is 0 Å². The smallest absolute Gasteiger partial charge is 0.337 e. The summed E-state index contributed by atoms with van der Waals surface area (Å²) in [5.41, 5.74) is 1.72. The monoisotopic (exact) mass is 380 g/mol. The van der Waals surface area contributed by atoms with E-state index in [9.17, 15) is 14.4 Å². The number of carbonyl (C=O) groups is 2. The minimum absolute atomic E-state index is 0.000751. The number of amides is 1. The third kappa shape index (κ3) is 3.29. The van der Waals surface area contributed by atoms with Gasteiger partial charge in [0, 0.05) is 48.8 Å². The van der Waals surface area contributed by atoms with Gasteiger partial charge >= 0.3 is 5.97 Å². The summed E-state index contributed by atoms with van der Waals surface area (Å²) < 4.78 is 0. The zero-order chi connectivity index (χ0) is 19.8. The zero-order valence-electron chi connectivity index (χ0n) is 15.4. The quantitative estimate of drug-likeness (QED) is 0.640. The number of fused-ring (bicyclic) bond motifs is 1. The number of piperazine rings is 1. The third-order valence-electron chi connectivity index (χ3n) is 5.10. The fourth-order valence-electron chi connectivity index (χ4n) is 3.41. The second-order valence-electron chi connectivity index (χ2n) is 7.02. The van der Waals surface area contributed by atoms with Crippen LogP contribution in [0.25, 0.3) is 22.2 Å². The standard InChI is InChI=1S/C20H20N4O4/c1-23-4-6-24(7-5-23)19(26)12-2-3-16-13(8-12)10-17(22-16)15-9-14(20(27)28)11-21-18(15)25/h2-3,8-11,22H,4-7H2,1H3,(H,21,25)(H,27,28). The van der Waals surface area contributed by atoms with Crippen molar-refractivity contribution in [3.8, 4) is 11.3 Å². The number of aromatic carboxylic acids is 1. The van der Waals surface area contributed by atoms with E-state index in [1.54, 1.807) is 24.3 Å². The molecule has 0 radical (unpaired) electrons. The van der Waals surface area contributed by atoms with E-state index in [4.69, 9.17) is 5.11 Å². The molecular weight excluding hydrogens is 360 g/mol. The van der Waals surface area contributed by atoms with Crippen LogP contribution < -0.4 is 5.56 Å². The summed E-state index contributed by atoms with van der Waals surface area (Å²) in [5.74, 6) is -1.13. The van der Waals surface area contributed by atoms with E-state index in [0.717, 1.165) is 24.0 Å². The molecule has 1 fully saturated rings. The summed E-state index contributed by atoms with van der Waals surface area (Å²) in [4.78, 5) is 45.7. The molecule has 2 aromatic heterocycles. The molecule has 4 rings (SSSR count). The normalized spacial score (nSPS) is 15.1. The number of aromatic amines is 2. The number of carboxylic acid groups (broad SMARTS) is 1. The molecule has 28 heavy (non-hydrogen) atoms. The van der Waals surface area contributed by atoms with Crippen molar-refractivity contribution in [2.24, 2.45) is 0 Å². The number of nitrogens with zero attached hydrogens (tertiary/aromatic N) is 2. The number of benzene rings is 1. The van der Waals surface area contributed by atoms with Gasteiger partial charge < -0.3 is 24.9 Å². The average molecular weight is 380 g/mol. The molecule has 0 atom stereocenters. The number of aromatic nitrogens is 2. The number of hydrogen-bond acceptors (Lipinski definition) is 4. The molecule has 144 valence electrons. The number of nitrogens with one attached hydrogen (secondary N) is 2. The topological polar surface area (TPSA) is 110 Å². The van der Waals surface area contributed by atoms with Crippen molar-refractivity contribution in [3.05, 3.63) is 58.0 Å². The molecule has 0 spiro atoms. The Balaban J connectivity index is 1.67. The summed E-state index contributed by atoms with van der Waals surface area (Å²) in [6, 6.07) is 8.46. The first-order valence-electron chi connectivity index (χ1n) is 8.99. The minimum atomic E-state index is -1.12. The molecule has 8 nitrogen and oxygen atoms in total. The number of likely N-dealkylation sites (N-methyl/N-ethyl adjacent to an activating group) is 1. The number of rotatable bonds is 3. The molecule has 3 N–H and O–H groups in total. The lowest BCUT2D eigenvalue weighted by Crippen LogP contribution is -2.47. The van der Waals surface area contributed by atoms with Gasteiger partial charge in [0.15, 0.2) is 0 Å². The summed E-state index contributed by atoms with van der Waals surface area (Å²) in [6.07, 6.45) is 1.17. The van der Waals surface area contributed by atoms with Crippen LogP contribution in [0.4, 0.5) is 0 Å². The lowest BCUT2D eigenvalue weighted by atomic mass is 10.1. The van der Waals surface area contributed by atoms with Crippen molar-refractivity contribution in [3.63, 3.8) is 0 Å². The van der Waals surface area contributed by atoms with E-state index in [-0.39, 0.29) is 22.6 Å². The summed E-state index contributed by atoms with van der Waals surface area (Å²) in [7, 11) is 2.04. The average Bonchev–Trinajstić information content (AvgIpc) is 3.11. The van der Waals surface area contributed by atoms with Crippen LogP contribution in [-0.2, 0) is 0 Å². The molecule has 0 bridgehead atoms. The van der Waals surface area contributed by atoms with Gasteiger partial charge in [0.1, 0.15) is 0 Å². The SMILES string of the molecule is CN1CCN(C(=O)c2ccc3[nH]c(-c4cc(C(=O)O)c[nH]c4=O)cc3c2)CC1. The molecule has 0 aliphatic carbocycles. The molecule has 0 unspecified atom stereocenters. The zero-order valence-corrected chi connectivity index (χ0v) is 15.4. The molecule has 3 aromatic rings. The van der Waals surface area contributed by atoms with Gasteiger partial charge in [-0.3, -0.25) is 9.59 Å². The number of hydrogen-bond donors (Lipinski definition) is 3. The number of pyridine rings is 1. The van der Waals surface area contributed by atoms with Crippen molar-refractivity contribution >= 4 is 22.8 Å². The Hall–Kier alpha value is -3.39. The second kappa shape index (κ2) is 6.97. The summed E-state index contributed by atoms with van der Waals surface area (Å²) in [6.45, 7) is 3.10. The first kappa shape index (κ1) is 18.0. The van der Waals surface area contributed by atoms with Gasteiger partial charge in [-0.05, 0) is 37.4 Å². The van der Waals surface area contributed by atoms with Crippen molar-refractivity contribution in [2.75, 3.05) is 33.2 Å². The number of carboxylic acids is 1. The van der Waals surface area contributed by atoms with Crippen molar-refractivity contribution in [1.29, 1.82) is 0 Å². The maximum absolute atomic E-state index is 12.8. The Morgan fingerprint density at radius 1 is 1.04 bits per heavy atom. The molecule has 8 heteroatoms. The lowest BCUT2D eigenvalue weighted by molar-refractivity contribution is 0.0662. The molecule has 1 saturated heterocycles. The maximum Gasteiger partial charge on any atom is 0.337 e. The highest BCUT2D eigenvalue weighted by Gasteiger charge is 2.21. The van der Waals surface area contributed by atoms with Crippen LogP contribution in [0.15, 0.2) is 41.3 Å². The van der Waals surface area contributed by atoms with Crippen LogP contribution in [-0.4, -0.2) is 70.0 Å². The largest absolute Gasteiger partial charge is 0.478 e. The van der Waals surface area contributed by atoms with E-state index in [2.05, 4.69) is 14.9 Å². The highest BCUT2D eigenvalue weighted by molar-refractivity contribution is 5.99. The Morgan fingerprint density at radius 3 is 2.50 bits per heavy atom. The van der Waals surface area contributed by atoms with Crippen molar-refractivity contribution in [1.82, 2.24) is 19.8 Å². The first-order valence-corrected chi connectivity index (χ1v) is 8.99. The first-order chi connectivity index (χ1) is 13.4. The van der Waals surface area contributed by atoms with E-state index in [1.165, 1.54) is 12.3 Å². The highest BCUT2D eigenvalue weighted by atomic mass is 16.4. The highest BCUT2D eigenvalue weighted by Crippen LogP contribution is 2.24. The van der Waals surface area contributed by atoms with Crippen LogP contribution in [0, 0.1) is 0 Å². The van der Waals surface area contributed by atoms with E-state index < -0.39 is 5.97 Å². The van der Waals surface area contributed by atoms with E-state index >= 15 is 0 Å². The lowest BCUT2D eigenvalue weighted by Gasteiger charge is -2.32. The van der Waals surface area contributed by atoms with Gasteiger partial charge in [-0.15, -0.1) is 0 Å². The van der Waals surface area contributed by atoms with Gasteiger partial charge in [-0.1, -0.05) is 0 Å². The van der Waals surface area contributed by atoms with Gasteiger partial charge in [0.2, 0.25) is 0 Å². The Morgan fingerprint density at radius 2 is 1.79 bits per heavy atom. The van der Waals surface area contributed by atoms with E-state index in [1.807, 2.05) is 11.9 Å². The van der Waals surface area contributed by atoms with Crippen LogP contribution in [0.5, 0.6) is 0 Å². The maximum atomic E-state index is 12.8. The van der Waals surface area contributed by atoms with Crippen LogP contribution in [0.3, 0.4) is 0 Å². The van der Waals surface area contributed by atoms with E-state index in [0.29, 0.717) is 24.3 Å². The van der Waals surface area contributed by atoms with Gasteiger partial charge in [0.05, 0.1) is 16.8 Å². The Bertz CT molecular complexity index is 1120. The molecular formula is C20H20N4O4. The van der Waals surface area contributed by atoms with Gasteiger partial charge in [0.25, 0.3) is 11.5 Å². The predicted octanol–water partition coefficient (Wildman–Crippen LogP) is 1.61. The fourth-order valence-corrected chi connectivity index (χ4v) is 3.41. The van der Waals surface area contributed by atoms with Gasteiger partial charge in [-0.2, -0.15) is 0 Å². The van der Waals surface area contributed by atoms with Crippen LogP contribution in [0.1, 0.15) is 20.7 Å². The fraction of sp³-hybridized carbons (Fsp3) is 0.250. The summed E-state index contributed by atoms with van der Waals surface area (Å²) in [5, 5.41) is 9.93. The molecule has 1 amide bonds. The molecule has 1 aliphatic rings. The van der Waals surface area contributed by atoms with Crippen molar-refractivity contribution < 1.29 is 14.7 Å². The number of H-pyrrole nitrogens is 2. The van der Waals surface area contributed by atoms with Crippen molar-refractivity contribution in [2.45, 2.75) is 0 Å². The third-order valence-corrected chi connectivity index (χ3v) is 5.10. The molecule has 1 aromatic carbocycles. The summed E-state index contributed by atoms with van der Waals surface area (Å²) >= 11 is 0. The van der Waals surface area contributed by atoms with Gasteiger partial charge in [-0.25, -0.2) is 4.79 Å². The van der Waals surface area contributed by atoms with Crippen LogP contribution >= 0.6 is 0 Å². The second-order valence-corrected chi connectivity index (χ2v) is 7.02. The Labute approximate surface area is 160 Å². The molecule has 3 heterocycles. The predicted molar refractivity (Wildman–Crippen MR) is 105 cm³/mol. The minimum Gasteiger partial charge on any atom is -0.478 e. The molecule has 1 aliphatic heterocycles.